The van der Waals surface area contributed by atoms with Crippen molar-refractivity contribution in [3.8, 4) is 11.8 Å². The Kier molecular flexibility index (Phi) is 5.17. The van der Waals surface area contributed by atoms with Crippen molar-refractivity contribution in [2.24, 2.45) is 0 Å². The van der Waals surface area contributed by atoms with E-state index in [2.05, 4.69) is 29.1 Å². The maximum atomic E-state index is 5.90. The number of nitrogens with zero attached hydrogens (tertiary/aromatic N) is 2. The molecule has 1 heterocycles. The minimum absolute atomic E-state index is 0.261. The van der Waals surface area contributed by atoms with E-state index in [0.29, 0.717) is 21.8 Å². The summed E-state index contributed by atoms with van der Waals surface area (Å²) in [6, 6.07) is 5.63. The average Bonchev–Trinajstić information content (AvgIpc) is 2.36. The number of halogens is 2. The van der Waals surface area contributed by atoms with Gasteiger partial charge in [-0.15, -0.1) is 0 Å². The zero-order valence-corrected chi connectivity index (χ0v) is 12.7. The Labute approximate surface area is 128 Å². The highest BCUT2D eigenvalue weighted by atomic mass is 35.5. The van der Waals surface area contributed by atoms with Gasteiger partial charge in [0, 0.05) is 40.6 Å². The van der Waals surface area contributed by atoms with E-state index in [1.807, 2.05) is 0 Å². The van der Waals surface area contributed by atoms with E-state index in [9.17, 15) is 0 Å². The van der Waals surface area contributed by atoms with Gasteiger partial charge in [0.1, 0.15) is 5.75 Å². The molecule has 20 heavy (non-hydrogen) atoms. The number of aromatic nitrogens is 2. The van der Waals surface area contributed by atoms with Crippen molar-refractivity contribution in [2.45, 2.75) is 26.4 Å². The Morgan fingerprint density at radius 1 is 1.10 bits per heavy atom. The van der Waals surface area contributed by atoms with Crippen LogP contribution in [0, 0.1) is 0 Å². The molecule has 0 spiro atoms. The van der Waals surface area contributed by atoms with E-state index in [4.69, 9.17) is 27.9 Å². The molecule has 0 radical (unpaired) electrons. The van der Waals surface area contributed by atoms with Crippen LogP contribution in [-0.4, -0.2) is 16.0 Å². The summed E-state index contributed by atoms with van der Waals surface area (Å²) in [4.78, 5) is 8.30. The van der Waals surface area contributed by atoms with Gasteiger partial charge in [-0.05, 0) is 18.2 Å². The molecule has 0 saturated heterocycles. The number of ether oxygens (including phenoxy) is 1. The molecule has 0 aliphatic carbocycles. The van der Waals surface area contributed by atoms with Crippen LogP contribution in [0.15, 0.2) is 30.6 Å². The second kappa shape index (κ2) is 6.88. The minimum atomic E-state index is 0.261. The monoisotopic (exact) mass is 311 g/mol. The van der Waals surface area contributed by atoms with E-state index in [0.717, 1.165) is 12.1 Å². The van der Waals surface area contributed by atoms with E-state index in [1.54, 1.807) is 30.6 Å². The summed E-state index contributed by atoms with van der Waals surface area (Å²) < 4.78 is 5.51. The smallest absolute Gasteiger partial charge is 0.321 e. The lowest BCUT2D eigenvalue weighted by Crippen LogP contribution is -2.21. The summed E-state index contributed by atoms with van der Waals surface area (Å²) in [6.45, 7) is 4.89. The van der Waals surface area contributed by atoms with Gasteiger partial charge < -0.3 is 10.1 Å². The van der Waals surface area contributed by atoms with Gasteiger partial charge in [-0.3, -0.25) is 0 Å². The van der Waals surface area contributed by atoms with E-state index in [1.165, 1.54) is 0 Å². The summed E-state index contributed by atoms with van der Waals surface area (Å²) in [5.74, 6) is 0.510. The summed E-state index contributed by atoms with van der Waals surface area (Å²) in [5.41, 5.74) is 0.996. The summed E-state index contributed by atoms with van der Waals surface area (Å²) >= 11 is 11.8. The lowest BCUT2D eigenvalue weighted by molar-refractivity contribution is 0.440. The van der Waals surface area contributed by atoms with Crippen molar-refractivity contribution >= 4 is 23.2 Å². The third kappa shape index (κ3) is 4.63. The number of hydrogen-bond donors (Lipinski definition) is 1. The molecule has 0 amide bonds. The Morgan fingerprint density at radius 2 is 1.70 bits per heavy atom. The predicted molar refractivity (Wildman–Crippen MR) is 80.5 cm³/mol. The fourth-order valence-corrected chi connectivity index (χ4v) is 2.01. The lowest BCUT2D eigenvalue weighted by Gasteiger charge is -2.08. The predicted octanol–water partition coefficient (Wildman–Crippen LogP) is 4.07. The van der Waals surface area contributed by atoms with Gasteiger partial charge in [0.25, 0.3) is 0 Å². The SMILES string of the molecule is CC(C)NCc1cnc(Oc2cc(Cl)cc(Cl)c2)nc1. The summed E-state index contributed by atoms with van der Waals surface area (Å²) in [7, 11) is 0. The molecule has 1 N–H and O–H groups in total. The normalized spacial score (nSPS) is 10.8. The first-order valence-electron chi connectivity index (χ1n) is 6.21. The standard InChI is InChI=1S/C14H15Cl2N3O/c1-9(2)17-6-10-7-18-14(19-8-10)20-13-4-11(15)3-12(16)5-13/h3-5,7-9,17H,6H2,1-2H3. The van der Waals surface area contributed by atoms with Crippen LogP contribution in [0.2, 0.25) is 10.0 Å². The molecule has 2 aromatic rings. The van der Waals surface area contributed by atoms with Crippen molar-refractivity contribution in [3.05, 3.63) is 46.2 Å². The first kappa shape index (κ1) is 15.0. The molecular formula is C14H15Cl2N3O. The Morgan fingerprint density at radius 3 is 2.25 bits per heavy atom. The van der Waals surface area contributed by atoms with E-state index in [-0.39, 0.29) is 6.01 Å². The van der Waals surface area contributed by atoms with Gasteiger partial charge in [-0.2, -0.15) is 0 Å². The summed E-state index contributed by atoms with van der Waals surface area (Å²) in [6.07, 6.45) is 3.45. The van der Waals surface area contributed by atoms with E-state index < -0.39 is 0 Å². The van der Waals surface area contributed by atoms with Crippen LogP contribution in [-0.2, 0) is 6.54 Å². The molecular weight excluding hydrogens is 297 g/mol. The topological polar surface area (TPSA) is 47.0 Å². The van der Waals surface area contributed by atoms with Crippen LogP contribution in [0.5, 0.6) is 11.8 Å². The number of nitrogens with one attached hydrogen (secondary N) is 1. The lowest BCUT2D eigenvalue weighted by atomic mass is 10.3. The Hall–Kier alpha value is -1.36. The second-order valence-electron chi connectivity index (χ2n) is 4.62. The van der Waals surface area contributed by atoms with Gasteiger partial charge >= 0.3 is 6.01 Å². The van der Waals surface area contributed by atoms with Crippen molar-refractivity contribution < 1.29 is 4.74 Å². The third-order valence-corrected chi connectivity index (χ3v) is 2.88. The molecule has 0 bridgehead atoms. The molecule has 2 rings (SSSR count). The highest BCUT2D eigenvalue weighted by molar-refractivity contribution is 6.34. The minimum Gasteiger partial charge on any atom is -0.424 e. The maximum Gasteiger partial charge on any atom is 0.321 e. The van der Waals surface area contributed by atoms with Crippen molar-refractivity contribution in [3.63, 3.8) is 0 Å². The molecule has 0 fully saturated rings. The first-order valence-corrected chi connectivity index (χ1v) is 6.97. The number of rotatable bonds is 5. The fraction of sp³-hybridized carbons (Fsp3) is 0.286. The van der Waals surface area contributed by atoms with Crippen LogP contribution in [0.3, 0.4) is 0 Å². The number of hydrogen-bond acceptors (Lipinski definition) is 4. The Balaban J connectivity index is 2.03. The van der Waals surface area contributed by atoms with Gasteiger partial charge in [0.05, 0.1) is 0 Å². The molecule has 0 atom stereocenters. The van der Waals surface area contributed by atoms with Crippen LogP contribution >= 0.6 is 23.2 Å². The molecule has 1 aromatic heterocycles. The molecule has 106 valence electrons. The molecule has 0 saturated carbocycles. The van der Waals surface area contributed by atoms with Gasteiger partial charge in [-0.1, -0.05) is 37.0 Å². The molecule has 0 aliphatic rings. The molecule has 0 unspecified atom stereocenters. The van der Waals surface area contributed by atoms with Crippen LogP contribution in [0.1, 0.15) is 19.4 Å². The van der Waals surface area contributed by atoms with Crippen LogP contribution in [0.25, 0.3) is 0 Å². The average molecular weight is 312 g/mol. The molecule has 6 heteroatoms. The first-order chi connectivity index (χ1) is 9.52. The Bertz CT molecular complexity index is 553. The van der Waals surface area contributed by atoms with Gasteiger partial charge in [0.15, 0.2) is 0 Å². The van der Waals surface area contributed by atoms with Crippen molar-refractivity contribution in [2.75, 3.05) is 0 Å². The largest absolute Gasteiger partial charge is 0.424 e. The van der Waals surface area contributed by atoms with Gasteiger partial charge in [-0.25, -0.2) is 9.97 Å². The highest BCUT2D eigenvalue weighted by Crippen LogP contribution is 2.26. The molecule has 4 nitrogen and oxygen atoms in total. The third-order valence-electron chi connectivity index (χ3n) is 2.44. The van der Waals surface area contributed by atoms with Crippen molar-refractivity contribution in [1.82, 2.24) is 15.3 Å². The zero-order chi connectivity index (χ0) is 14.5. The van der Waals surface area contributed by atoms with Crippen molar-refractivity contribution in [1.29, 1.82) is 0 Å². The number of benzene rings is 1. The van der Waals surface area contributed by atoms with Gasteiger partial charge in [0.2, 0.25) is 0 Å². The molecule has 1 aromatic carbocycles. The maximum absolute atomic E-state index is 5.90. The summed E-state index contributed by atoms with van der Waals surface area (Å²) in [5, 5.41) is 4.30. The fourth-order valence-electron chi connectivity index (χ4n) is 1.50. The van der Waals surface area contributed by atoms with Crippen LogP contribution < -0.4 is 10.1 Å². The zero-order valence-electron chi connectivity index (χ0n) is 11.2. The molecule has 0 aliphatic heterocycles. The van der Waals surface area contributed by atoms with E-state index >= 15 is 0 Å². The quantitative estimate of drug-likeness (QED) is 0.904. The second-order valence-corrected chi connectivity index (χ2v) is 5.49. The van der Waals surface area contributed by atoms with Crippen LogP contribution in [0.4, 0.5) is 0 Å². The highest BCUT2D eigenvalue weighted by Gasteiger charge is 2.04.